The molecule has 46 heavy (non-hydrogen) atoms. The highest BCUT2D eigenvalue weighted by atomic mass is 79.9. The van der Waals surface area contributed by atoms with Crippen LogP contribution in [-0.2, 0) is 19.1 Å². The van der Waals surface area contributed by atoms with Gasteiger partial charge in [0.05, 0.1) is 17.4 Å². The lowest BCUT2D eigenvalue weighted by atomic mass is 9.47. The van der Waals surface area contributed by atoms with E-state index in [0.717, 1.165) is 61.2 Å². The van der Waals surface area contributed by atoms with Crippen molar-refractivity contribution >= 4 is 27.8 Å². The number of alkyl halides is 1. The molecule has 4 rings (SSSR count). The molecular weight excluding hydrogens is 638 g/mol. The topological polar surface area (TPSA) is 64.6 Å². The lowest BCUT2D eigenvalue weighted by Crippen LogP contribution is -2.51. The first-order valence-corrected chi connectivity index (χ1v) is 20.1. The average Bonchev–Trinajstić information content (AvgIpc) is 3.34. The van der Waals surface area contributed by atoms with Crippen LogP contribution < -0.4 is 5.32 Å². The van der Waals surface area contributed by atoms with Gasteiger partial charge in [0, 0.05) is 18.6 Å². The van der Waals surface area contributed by atoms with Gasteiger partial charge in [-0.15, -0.1) is 0 Å². The molecule has 4 aliphatic carbocycles. The first kappa shape index (κ1) is 37.9. The molecule has 0 heterocycles. The fourth-order valence-electron chi connectivity index (χ4n) is 10.6. The molecule has 0 aromatic heterocycles. The maximum absolute atomic E-state index is 13.2. The Balaban J connectivity index is 1.30. The van der Waals surface area contributed by atoms with E-state index in [2.05, 4.69) is 68.9 Å². The van der Waals surface area contributed by atoms with Gasteiger partial charge in [-0.05, 0) is 125 Å². The molecule has 0 bridgehead atoms. The van der Waals surface area contributed by atoms with E-state index in [0.29, 0.717) is 18.4 Å². The van der Waals surface area contributed by atoms with Crippen molar-refractivity contribution in [3.63, 3.8) is 0 Å². The lowest BCUT2D eigenvalue weighted by Gasteiger charge is -2.58. The van der Waals surface area contributed by atoms with E-state index in [4.69, 9.17) is 9.47 Å². The molecule has 9 unspecified atom stereocenters. The number of amides is 1. The Morgan fingerprint density at radius 2 is 1.78 bits per heavy atom. The molecule has 0 radical (unpaired) electrons. The van der Waals surface area contributed by atoms with Crippen LogP contribution in [0.2, 0.25) is 0 Å². The molecular formula is C40H68BrNO4. The molecule has 5 nitrogen and oxygen atoms in total. The van der Waals surface area contributed by atoms with Crippen LogP contribution in [0.25, 0.3) is 0 Å². The van der Waals surface area contributed by atoms with E-state index in [9.17, 15) is 9.59 Å². The molecule has 0 aliphatic heterocycles. The fraction of sp³-hybridized carbons (Fsp3) is 0.900. The van der Waals surface area contributed by atoms with E-state index >= 15 is 0 Å². The number of allylic oxidation sites excluding steroid dienone is 1. The van der Waals surface area contributed by atoms with Gasteiger partial charge in [-0.2, -0.15) is 0 Å². The Kier molecular flexibility index (Phi) is 12.7. The molecule has 4 aliphatic rings. The van der Waals surface area contributed by atoms with Gasteiger partial charge in [0.25, 0.3) is 0 Å². The first-order valence-electron chi connectivity index (χ1n) is 19.0. The number of hydrogen-bond acceptors (Lipinski definition) is 4. The van der Waals surface area contributed by atoms with Gasteiger partial charge in [-0.3, -0.25) is 9.59 Å². The number of nitrogens with one attached hydrogen (secondary N) is 1. The predicted molar refractivity (Wildman–Crippen MR) is 193 cm³/mol. The van der Waals surface area contributed by atoms with Crippen molar-refractivity contribution in [3.05, 3.63) is 11.6 Å². The number of esters is 1. The van der Waals surface area contributed by atoms with E-state index in [1.165, 1.54) is 51.4 Å². The number of rotatable bonds is 15. The van der Waals surface area contributed by atoms with Gasteiger partial charge < -0.3 is 14.8 Å². The molecule has 264 valence electrons. The van der Waals surface area contributed by atoms with Crippen molar-refractivity contribution in [1.82, 2.24) is 5.32 Å². The quantitative estimate of drug-likeness (QED) is 0.105. The van der Waals surface area contributed by atoms with Gasteiger partial charge in [0.1, 0.15) is 6.10 Å². The lowest BCUT2D eigenvalue weighted by molar-refractivity contribution is -0.158. The number of halogens is 1. The van der Waals surface area contributed by atoms with Gasteiger partial charge in [-0.25, -0.2) is 0 Å². The maximum Gasteiger partial charge on any atom is 0.308 e. The summed E-state index contributed by atoms with van der Waals surface area (Å²) in [6.45, 7) is 21.0. The van der Waals surface area contributed by atoms with E-state index in [-0.39, 0.29) is 40.7 Å². The van der Waals surface area contributed by atoms with Crippen molar-refractivity contribution in [2.24, 2.45) is 46.3 Å². The van der Waals surface area contributed by atoms with Crippen molar-refractivity contribution < 1.29 is 19.1 Å². The second-order valence-electron chi connectivity index (χ2n) is 17.8. The maximum atomic E-state index is 13.2. The van der Waals surface area contributed by atoms with Crippen LogP contribution in [0, 0.1) is 46.3 Å². The molecule has 0 saturated heterocycles. The summed E-state index contributed by atoms with van der Waals surface area (Å²) in [7, 11) is 0. The molecule has 1 amide bonds. The summed E-state index contributed by atoms with van der Waals surface area (Å²) in [6, 6.07) is 0. The standard InChI is InChI=1S/C40H68BrNO4/c1-10-38(7,42-35(43)26-41)22-23-45-37(5,6)25-36(44)46-30-18-20-39(8)29(24-30)14-15-31-33-17-16-32(28(4)13-11-12-27(2)3)40(33,9)21-19-34(31)39/h14,27-28,30-34H,10-13,15-26H2,1-9H3,(H,42,43). The summed E-state index contributed by atoms with van der Waals surface area (Å²) < 4.78 is 12.3. The molecule has 9 atom stereocenters. The highest BCUT2D eigenvalue weighted by Gasteiger charge is 2.59. The summed E-state index contributed by atoms with van der Waals surface area (Å²) in [5, 5.41) is 3.37. The van der Waals surface area contributed by atoms with Crippen molar-refractivity contribution in [2.75, 3.05) is 11.9 Å². The Labute approximate surface area is 290 Å². The highest BCUT2D eigenvalue weighted by molar-refractivity contribution is 9.09. The largest absolute Gasteiger partial charge is 0.462 e. The molecule has 3 fully saturated rings. The Bertz CT molecular complexity index is 1090. The molecule has 3 saturated carbocycles. The fourth-order valence-corrected chi connectivity index (χ4v) is 10.8. The number of hydrogen-bond donors (Lipinski definition) is 1. The van der Waals surface area contributed by atoms with Crippen LogP contribution in [-0.4, -0.2) is 41.1 Å². The SMILES string of the molecule is CCC(C)(CCOC(C)(C)CC(=O)OC1CCC2(C)C(=CCC3C2CCC2(C)C(C(C)CCCC(C)C)CCC32)C1)NC(=O)CBr. The summed E-state index contributed by atoms with van der Waals surface area (Å²) in [5.74, 6) is 4.84. The summed E-state index contributed by atoms with van der Waals surface area (Å²) in [6.07, 6.45) is 18.3. The Hall–Kier alpha value is -0.880. The van der Waals surface area contributed by atoms with Crippen LogP contribution in [0.1, 0.15) is 152 Å². The zero-order valence-corrected chi connectivity index (χ0v) is 32.5. The first-order chi connectivity index (χ1) is 21.6. The van der Waals surface area contributed by atoms with Gasteiger partial charge in [0.15, 0.2) is 0 Å². The second-order valence-corrected chi connectivity index (χ2v) is 18.3. The van der Waals surface area contributed by atoms with Gasteiger partial charge in [0.2, 0.25) is 5.91 Å². The van der Waals surface area contributed by atoms with Crippen molar-refractivity contribution in [3.8, 4) is 0 Å². The van der Waals surface area contributed by atoms with Crippen molar-refractivity contribution in [2.45, 2.75) is 169 Å². The van der Waals surface area contributed by atoms with Crippen LogP contribution in [0.5, 0.6) is 0 Å². The van der Waals surface area contributed by atoms with E-state index < -0.39 is 5.60 Å². The highest BCUT2D eigenvalue weighted by Crippen LogP contribution is 2.67. The van der Waals surface area contributed by atoms with Crippen LogP contribution >= 0.6 is 15.9 Å². The normalized spacial score (nSPS) is 34.5. The summed E-state index contributed by atoms with van der Waals surface area (Å²) >= 11 is 3.23. The molecule has 0 aromatic rings. The third-order valence-corrected chi connectivity index (χ3v) is 14.1. The van der Waals surface area contributed by atoms with Crippen LogP contribution in [0.3, 0.4) is 0 Å². The molecule has 0 aromatic carbocycles. The Morgan fingerprint density at radius 1 is 1.04 bits per heavy atom. The van der Waals surface area contributed by atoms with E-state index in [1.807, 2.05) is 20.8 Å². The number of carbonyl (C=O) groups excluding carboxylic acids is 2. The minimum absolute atomic E-state index is 0.0222. The molecule has 1 N–H and O–H groups in total. The summed E-state index contributed by atoms with van der Waals surface area (Å²) in [5.41, 5.74) is 1.39. The van der Waals surface area contributed by atoms with Gasteiger partial charge in [-0.1, -0.05) is 88.4 Å². The Morgan fingerprint density at radius 3 is 2.46 bits per heavy atom. The minimum atomic E-state index is -0.620. The average molecular weight is 707 g/mol. The number of ether oxygens (including phenoxy) is 2. The van der Waals surface area contributed by atoms with Crippen LogP contribution in [0.4, 0.5) is 0 Å². The van der Waals surface area contributed by atoms with E-state index in [1.54, 1.807) is 5.57 Å². The van der Waals surface area contributed by atoms with Crippen molar-refractivity contribution in [1.29, 1.82) is 0 Å². The predicted octanol–water partition coefficient (Wildman–Crippen LogP) is 10.2. The van der Waals surface area contributed by atoms with Crippen LogP contribution in [0.15, 0.2) is 11.6 Å². The number of fused-ring (bicyclic) bond motifs is 5. The summed E-state index contributed by atoms with van der Waals surface area (Å²) in [4.78, 5) is 25.1. The number of carbonyl (C=O) groups is 2. The third-order valence-electron chi connectivity index (χ3n) is 13.6. The molecule has 0 spiro atoms. The second kappa shape index (κ2) is 15.3. The van der Waals surface area contributed by atoms with Gasteiger partial charge >= 0.3 is 5.97 Å². The smallest absolute Gasteiger partial charge is 0.308 e. The molecule has 6 heteroatoms. The minimum Gasteiger partial charge on any atom is -0.462 e. The zero-order chi connectivity index (χ0) is 33.9. The third kappa shape index (κ3) is 8.64. The monoisotopic (exact) mass is 705 g/mol. The zero-order valence-electron chi connectivity index (χ0n) is 30.9.